The summed E-state index contributed by atoms with van der Waals surface area (Å²) in [6.45, 7) is 2.65. The number of nitrogens with zero attached hydrogens (tertiary/aromatic N) is 4. The van der Waals surface area contributed by atoms with Crippen molar-refractivity contribution in [2.75, 3.05) is 32.1 Å². The largest absolute Gasteiger partial charge is 0.467 e. The Morgan fingerprint density at radius 1 is 1.29 bits per heavy atom. The fourth-order valence-corrected chi connectivity index (χ4v) is 3.19. The Kier molecular flexibility index (Phi) is 5.25. The number of ether oxygens (including phenoxy) is 1. The van der Waals surface area contributed by atoms with Crippen LogP contribution in [0.2, 0.25) is 0 Å². The van der Waals surface area contributed by atoms with Gasteiger partial charge in [-0.25, -0.2) is 9.37 Å². The van der Waals surface area contributed by atoms with Gasteiger partial charge in [-0.3, -0.25) is 4.90 Å². The standard InChI is InChI=1S/C18H23FN4O/c1-22(13-14-4-3-5-15(19)12-14)16-7-10-23(11-8-16)17-6-9-20-18(21-17)24-2/h3-6,9,12,16H,7-8,10-11,13H2,1-2H3. The van der Waals surface area contributed by atoms with E-state index in [0.29, 0.717) is 12.1 Å². The number of aromatic nitrogens is 2. The average Bonchev–Trinajstić information content (AvgIpc) is 2.62. The predicted molar refractivity (Wildman–Crippen MR) is 91.7 cm³/mol. The van der Waals surface area contributed by atoms with E-state index < -0.39 is 0 Å². The molecule has 3 rings (SSSR count). The molecule has 1 saturated heterocycles. The van der Waals surface area contributed by atoms with Gasteiger partial charge in [0.2, 0.25) is 0 Å². The molecule has 0 saturated carbocycles. The lowest BCUT2D eigenvalue weighted by Crippen LogP contribution is -2.43. The number of halogens is 1. The molecule has 1 aliphatic rings. The molecule has 0 amide bonds. The van der Waals surface area contributed by atoms with E-state index in [0.717, 1.165) is 43.9 Å². The minimum Gasteiger partial charge on any atom is -0.467 e. The zero-order valence-electron chi connectivity index (χ0n) is 14.2. The molecule has 0 bridgehead atoms. The molecule has 0 unspecified atom stereocenters. The Hall–Kier alpha value is -2.21. The summed E-state index contributed by atoms with van der Waals surface area (Å²) >= 11 is 0. The van der Waals surface area contributed by atoms with Gasteiger partial charge < -0.3 is 9.64 Å². The Morgan fingerprint density at radius 2 is 2.08 bits per heavy atom. The average molecular weight is 330 g/mol. The number of hydrogen-bond acceptors (Lipinski definition) is 5. The van der Waals surface area contributed by atoms with E-state index in [1.807, 2.05) is 12.1 Å². The van der Waals surface area contributed by atoms with Crippen molar-refractivity contribution in [3.05, 3.63) is 47.9 Å². The van der Waals surface area contributed by atoms with Gasteiger partial charge in [-0.1, -0.05) is 12.1 Å². The first-order valence-corrected chi connectivity index (χ1v) is 8.22. The SMILES string of the molecule is COc1nccc(N2CCC(N(C)Cc3cccc(F)c3)CC2)n1. The first-order valence-electron chi connectivity index (χ1n) is 8.22. The quantitative estimate of drug-likeness (QED) is 0.843. The molecule has 0 radical (unpaired) electrons. The van der Waals surface area contributed by atoms with Crippen LogP contribution in [-0.4, -0.2) is 48.2 Å². The molecule has 24 heavy (non-hydrogen) atoms. The Labute approximate surface area is 142 Å². The van der Waals surface area contributed by atoms with Crippen LogP contribution in [0, 0.1) is 5.82 Å². The molecule has 5 nitrogen and oxygen atoms in total. The van der Waals surface area contributed by atoms with Crippen LogP contribution in [-0.2, 0) is 6.54 Å². The fraction of sp³-hybridized carbons (Fsp3) is 0.444. The van der Waals surface area contributed by atoms with Crippen LogP contribution < -0.4 is 9.64 Å². The number of anilines is 1. The van der Waals surface area contributed by atoms with E-state index in [-0.39, 0.29) is 5.82 Å². The van der Waals surface area contributed by atoms with Gasteiger partial charge in [0.25, 0.3) is 0 Å². The zero-order chi connectivity index (χ0) is 16.9. The molecule has 1 aromatic carbocycles. The van der Waals surface area contributed by atoms with Gasteiger partial charge in [0, 0.05) is 31.9 Å². The predicted octanol–water partition coefficient (Wildman–Crippen LogP) is 2.73. The van der Waals surface area contributed by atoms with E-state index in [1.165, 1.54) is 6.07 Å². The third-order valence-electron chi connectivity index (χ3n) is 4.53. The van der Waals surface area contributed by atoms with Crippen molar-refractivity contribution < 1.29 is 9.13 Å². The smallest absolute Gasteiger partial charge is 0.318 e. The van der Waals surface area contributed by atoms with Crippen molar-refractivity contribution >= 4 is 5.82 Å². The maximum atomic E-state index is 13.3. The van der Waals surface area contributed by atoms with Crippen molar-refractivity contribution in [2.24, 2.45) is 0 Å². The minimum atomic E-state index is -0.173. The molecule has 0 aliphatic carbocycles. The van der Waals surface area contributed by atoms with Crippen molar-refractivity contribution in [2.45, 2.75) is 25.4 Å². The van der Waals surface area contributed by atoms with Crippen molar-refractivity contribution in [1.82, 2.24) is 14.9 Å². The molecule has 6 heteroatoms. The molecule has 128 valence electrons. The third-order valence-corrected chi connectivity index (χ3v) is 4.53. The molecular weight excluding hydrogens is 307 g/mol. The van der Waals surface area contributed by atoms with Gasteiger partial charge in [-0.15, -0.1) is 0 Å². The summed E-state index contributed by atoms with van der Waals surface area (Å²) in [7, 11) is 3.69. The monoisotopic (exact) mass is 330 g/mol. The Morgan fingerprint density at radius 3 is 2.79 bits per heavy atom. The fourth-order valence-electron chi connectivity index (χ4n) is 3.19. The minimum absolute atomic E-state index is 0.173. The summed E-state index contributed by atoms with van der Waals surface area (Å²) in [5.74, 6) is 0.738. The van der Waals surface area contributed by atoms with Gasteiger partial charge >= 0.3 is 6.01 Å². The highest BCUT2D eigenvalue weighted by Crippen LogP contribution is 2.22. The van der Waals surface area contributed by atoms with Crippen molar-refractivity contribution in [1.29, 1.82) is 0 Å². The Balaban J connectivity index is 1.56. The van der Waals surface area contributed by atoms with Crippen LogP contribution >= 0.6 is 0 Å². The molecule has 1 aliphatic heterocycles. The highest BCUT2D eigenvalue weighted by Gasteiger charge is 2.23. The van der Waals surface area contributed by atoms with E-state index in [2.05, 4.69) is 26.8 Å². The van der Waals surface area contributed by atoms with E-state index in [4.69, 9.17) is 4.74 Å². The van der Waals surface area contributed by atoms with Crippen LogP contribution in [0.3, 0.4) is 0 Å². The van der Waals surface area contributed by atoms with Gasteiger partial charge in [-0.05, 0) is 43.7 Å². The number of rotatable bonds is 5. The topological polar surface area (TPSA) is 41.5 Å². The van der Waals surface area contributed by atoms with Crippen molar-refractivity contribution in [3.63, 3.8) is 0 Å². The van der Waals surface area contributed by atoms with E-state index >= 15 is 0 Å². The lowest BCUT2D eigenvalue weighted by Gasteiger charge is -2.37. The lowest BCUT2D eigenvalue weighted by molar-refractivity contribution is 0.200. The van der Waals surface area contributed by atoms with Gasteiger partial charge in [0.1, 0.15) is 11.6 Å². The van der Waals surface area contributed by atoms with Gasteiger partial charge in [-0.2, -0.15) is 4.98 Å². The second-order valence-electron chi connectivity index (χ2n) is 6.16. The number of hydrogen-bond donors (Lipinski definition) is 0. The molecule has 1 fully saturated rings. The summed E-state index contributed by atoms with van der Waals surface area (Å²) in [6, 6.07) is 9.65. The maximum Gasteiger partial charge on any atom is 0.318 e. The molecular formula is C18H23FN4O. The third kappa shape index (κ3) is 4.00. The summed E-state index contributed by atoms with van der Waals surface area (Å²) in [5, 5.41) is 0. The van der Waals surface area contributed by atoms with Crippen LogP contribution in [0.4, 0.5) is 10.2 Å². The van der Waals surface area contributed by atoms with Gasteiger partial charge in [0.15, 0.2) is 0 Å². The highest BCUT2D eigenvalue weighted by molar-refractivity contribution is 5.38. The van der Waals surface area contributed by atoms with E-state index in [9.17, 15) is 4.39 Å². The maximum absolute atomic E-state index is 13.3. The lowest BCUT2D eigenvalue weighted by atomic mass is 10.0. The zero-order valence-corrected chi connectivity index (χ0v) is 14.2. The summed E-state index contributed by atoms with van der Waals surface area (Å²) in [4.78, 5) is 13.0. The van der Waals surface area contributed by atoms with E-state index in [1.54, 1.807) is 25.4 Å². The van der Waals surface area contributed by atoms with Crippen molar-refractivity contribution in [3.8, 4) is 6.01 Å². The number of piperidine rings is 1. The summed E-state index contributed by atoms with van der Waals surface area (Å²) in [6.07, 6.45) is 3.83. The molecule has 0 spiro atoms. The van der Waals surface area contributed by atoms with Gasteiger partial charge in [0.05, 0.1) is 7.11 Å². The molecule has 2 heterocycles. The molecule has 0 N–H and O–H groups in total. The van der Waals surface area contributed by atoms with Crippen LogP contribution in [0.1, 0.15) is 18.4 Å². The van der Waals surface area contributed by atoms with Crippen LogP contribution in [0.25, 0.3) is 0 Å². The summed E-state index contributed by atoms with van der Waals surface area (Å²) < 4.78 is 18.4. The highest BCUT2D eigenvalue weighted by atomic mass is 19.1. The first kappa shape index (κ1) is 16.6. The second-order valence-corrected chi connectivity index (χ2v) is 6.16. The normalized spacial score (nSPS) is 15.8. The molecule has 1 aromatic heterocycles. The summed E-state index contributed by atoms with van der Waals surface area (Å²) in [5.41, 5.74) is 1.01. The molecule has 2 aromatic rings. The van der Waals surface area contributed by atoms with Crippen LogP contribution in [0.15, 0.2) is 36.5 Å². The number of benzene rings is 1. The van der Waals surface area contributed by atoms with Crippen LogP contribution in [0.5, 0.6) is 6.01 Å². The second kappa shape index (κ2) is 7.57. The Bertz CT molecular complexity index is 674. The molecule has 0 atom stereocenters. The number of methoxy groups -OCH3 is 1. The first-order chi connectivity index (χ1) is 11.7.